The first-order valence-corrected chi connectivity index (χ1v) is 8.10. The minimum absolute atomic E-state index is 0.0995. The summed E-state index contributed by atoms with van der Waals surface area (Å²) in [4.78, 5) is 12.9. The molecule has 2 heterocycles. The van der Waals surface area contributed by atoms with Crippen LogP contribution in [0, 0.1) is 5.92 Å². The summed E-state index contributed by atoms with van der Waals surface area (Å²) in [6.07, 6.45) is 0.347. The molecule has 5 nitrogen and oxygen atoms in total. The zero-order valence-corrected chi connectivity index (χ0v) is 12.9. The first kappa shape index (κ1) is 14.5. The highest BCUT2D eigenvalue weighted by Gasteiger charge is 2.81. The summed E-state index contributed by atoms with van der Waals surface area (Å²) in [5, 5.41) is 8.19. The molecule has 0 radical (unpaired) electrons. The van der Waals surface area contributed by atoms with Crippen molar-refractivity contribution in [3.8, 4) is 0 Å². The van der Waals surface area contributed by atoms with E-state index in [0.717, 1.165) is 11.3 Å². The fourth-order valence-corrected chi connectivity index (χ4v) is 4.39. The maximum atomic E-state index is 14.5. The molecule has 2 fully saturated rings. The van der Waals surface area contributed by atoms with Crippen LogP contribution in [0.25, 0.3) is 0 Å². The standard InChI is InChI=1S/C15H14F2N4OS/c16-15(17)10-8-21(13-20-19-12(23-13)11(18)22)7-6-14(10,15)9-4-2-1-3-5-9/h1-5,10H,6-8H2,(H2,18,22). The number of nitrogens with zero attached hydrogens (tertiary/aromatic N) is 3. The van der Waals surface area contributed by atoms with E-state index >= 15 is 0 Å². The molecule has 1 aromatic heterocycles. The van der Waals surface area contributed by atoms with Gasteiger partial charge < -0.3 is 10.6 Å². The number of amides is 1. The Morgan fingerprint density at radius 3 is 2.65 bits per heavy atom. The Balaban J connectivity index is 1.60. The maximum absolute atomic E-state index is 14.5. The molecular formula is C15H14F2N4OS. The smallest absolute Gasteiger partial charge is 0.279 e. The predicted molar refractivity (Wildman–Crippen MR) is 81.8 cm³/mol. The number of carbonyl (C=O) groups is 1. The van der Waals surface area contributed by atoms with Crippen LogP contribution in [0.2, 0.25) is 0 Å². The Morgan fingerprint density at radius 2 is 2.04 bits per heavy atom. The highest BCUT2D eigenvalue weighted by molar-refractivity contribution is 7.17. The number of benzene rings is 1. The van der Waals surface area contributed by atoms with Gasteiger partial charge in [0.15, 0.2) is 0 Å². The van der Waals surface area contributed by atoms with Gasteiger partial charge in [0.05, 0.1) is 11.3 Å². The van der Waals surface area contributed by atoms with Gasteiger partial charge >= 0.3 is 0 Å². The Labute approximate surface area is 135 Å². The minimum atomic E-state index is -2.72. The highest BCUT2D eigenvalue weighted by atomic mass is 32.1. The van der Waals surface area contributed by atoms with E-state index in [0.29, 0.717) is 23.7 Å². The molecule has 2 aromatic rings. The molecule has 1 saturated carbocycles. The summed E-state index contributed by atoms with van der Waals surface area (Å²) < 4.78 is 29.1. The van der Waals surface area contributed by atoms with Gasteiger partial charge in [0.1, 0.15) is 0 Å². The van der Waals surface area contributed by atoms with E-state index in [-0.39, 0.29) is 11.6 Å². The predicted octanol–water partition coefficient (Wildman–Crippen LogP) is 2.05. The van der Waals surface area contributed by atoms with Crippen LogP contribution >= 0.6 is 11.3 Å². The van der Waals surface area contributed by atoms with Crippen molar-refractivity contribution in [1.82, 2.24) is 10.2 Å². The fraction of sp³-hybridized carbons (Fsp3) is 0.400. The molecule has 2 atom stereocenters. The van der Waals surface area contributed by atoms with Crippen LogP contribution in [0.4, 0.5) is 13.9 Å². The molecule has 1 saturated heterocycles. The molecule has 23 heavy (non-hydrogen) atoms. The number of hydrogen-bond acceptors (Lipinski definition) is 5. The molecule has 120 valence electrons. The zero-order chi connectivity index (χ0) is 16.2. The van der Waals surface area contributed by atoms with Crippen LogP contribution in [-0.4, -0.2) is 35.1 Å². The van der Waals surface area contributed by atoms with Crippen molar-refractivity contribution < 1.29 is 13.6 Å². The van der Waals surface area contributed by atoms with Crippen molar-refractivity contribution in [2.75, 3.05) is 18.0 Å². The van der Waals surface area contributed by atoms with E-state index in [4.69, 9.17) is 5.73 Å². The van der Waals surface area contributed by atoms with Crippen LogP contribution in [0.5, 0.6) is 0 Å². The molecule has 8 heteroatoms. The number of alkyl halides is 2. The van der Waals surface area contributed by atoms with Crippen molar-refractivity contribution in [3.05, 3.63) is 40.9 Å². The molecule has 0 spiro atoms. The number of primary amides is 1. The number of rotatable bonds is 3. The third-order valence-electron chi connectivity index (χ3n) is 4.91. The van der Waals surface area contributed by atoms with Gasteiger partial charge in [-0.1, -0.05) is 41.7 Å². The molecule has 2 unspecified atom stereocenters. The highest BCUT2D eigenvalue weighted by Crippen LogP contribution is 2.70. The molecule has 0 bridgehead atoms. The Morgan fingerprint density at radius 1 is 1.30 bits per heavy atom. The lowest BCUT2D eigenvalue weighted by atomic mass is 9.87. The second-order valence-corrected chi connectivity index (χ2v) is 6.92. The number of fused-ring (bicyclic) bond motifs is 1. The molecule has 1 amide bonds. The topological polar surface area (TPSA) is 72.1 Å². The second-order valence-electron chi connectivity index (χ2n) is 5.96. The first-order chi connectivity index (χ1) is 11.0. The quantitative estimate of drug-likeness (QED) is 0.931. The van der Waals surface area contributed by atoms with Crippen LogP contribution < -0.4 is 10.6 Å². The number of piperidine rings is 1. The maximum Gasteiger partial charge on any atom is 0.279 e. The molecule has 4 rings (SSSR count). The lowest BCUT2D eigenvalue weighted by Crippen LogP contribution is -2.36. The minimum Gasteiger partial charge on any atom is -0.363 e. The van der Waals surface area contributed by atoms with Crippen molar-refractivity contribution in [1.29, 1.82) is 0 Å². The van der Waals surface area contributed by atoms with Gasteiger partial charge in [0.25, 0.3) is 11.8 Å². The molecule has 1 aliphatic heterocycles. The third-order valence-corrected chi connectivity index (χ3v) is 5.91. The van der Waals surface area contributed by atoms with Gasteiger partial charge in [0.2, 0.25) is 10.1 Å². The molecule has 1 aromatic carbocycles. The second kappa shape index (κ2) is 4.70. The summed E-state index contributed by atoms with van der Waals surface area (Å²) >= 11 is 1.05. The number of carbonyl (C=O) groups excluding carboxylic acids is 1. The van der Waals surface area contributed by atoms with Gasteiger partial charge in [-0.2, -0.15) is 0 Å². The van der Waals surface area contributed by atoms with Crippen LogP contribution in [0.1, 0.15) is 21.8 Å². The first-order valence-electron chi connectivity index (χ1n) is 7.28. The van der Waals surface area contributed by atoms with Gasteiger partial charge in [-0.3, -0.25) is 4.79 Å². The number of hydrogen-bond donors (Lipinski definition) is 1. The van der Waals surface area contributed by atoms with E-state index in [1.807, 2.05) is 6.07 Å². The number of halogens is 2. The molecular weight excluding hydrogens is 322 g/mol. The summed E-state index contributed by atoms with van der Waals surface area (Å²) in [6.45, 7) is 0.656. The summed E-state index contributed by atoms with van der Waals surface area (Å²) in [5.74, 6) is -4.12. The summed E-state index contributed by atoms with van der Waals surface area (Å²) in [7, 11) is 0. The fourth-order valence-electron chi connectivity index (χ4n) is 3.66. The lowest BCUT2D eigenvalue weighted by molar-refractivity contribution is 0.0781. The van der Waals surface area contributed by atoms with E-state index in [9.17, 15) is 13.6 Å². The van der Waals surface area contributed by atoms with Gasteiger partial charge in [0, 0.05) is 13.1 Å². The average molecular weight is 336 g/mol. The van der Waals surface area contributed by atoms with Crippen molar-refractivity contribution in [2.24, 2.45) is 11.7 Å². The summed E-state index contributed by atoms with van der Waals surface area (Å²) in [5.41, 5.74) is 4.79. The third kappa shape index (κ3) is 1.90. The Hall–Kier alpha value is -2.09. The molecule has 2 N–H and O–H groups in total. The van der Waals surface area contributed by atoms with E-state index in [2.05, 4.69) is 10.2 Å². The number of nitrogens with two attached hydrogens (primary N) is 1. The van der Waals surface area contributed by atoms with Gasteiger partial charge in [-0.25, -0.2) is 8.78 Å². The largest absolute Gasteiger partial charge is 0.363 e. The van der Waals surface area contributed by atoms with E-state index in [1.165, 1.54) is 0 Å². The van der Waals surface area contributed by atoms with Gasteiger partial charge in [-0.05, 0) is 12.0 Å². The van der Waals surface area contributed by atoms with E-state index in [1.54, 1.807) is 29.2 Å². The molecule has 1 aliphatic carbocycles. The zero-order valence-electron chi connectivity index (χ0n) is 12.1. The Bertz CT molecular complexity index is 766. The lowest BCUT2D eigenvalue weighted by Gasteiger charge is -2.29. The SMILES string of the molecule is NC(=O)c1nnc(N2CCC3(c4ccccc4)C(C2)C3(F)F)s1. The van der Waals surface area contributed by atoms with Gasteiger partial charge in [-0.15, -0.1) is 10.2 Å². The molecule has 2 aliphatic rings. The van der Waals surface area contributed by atoms with Crippen molar-refractivity contribution >= 4 is 22.4 Å². The van der Waals surface area contributed by atoms with Crippen LogP contribution in [0.15, 0.2) is 30.3 Å². The monoisotopic (exact) mass is 336 g/mol. The van der Waals surface area contributed by atoms with Crippen LogP contribution in [0.3, 0.4) is 0 Å². The Kier molecular flexibility index (Phi) is 2.96. The normalized spacial score (nSPS) is 28.3. The van der Waals surface area contributed by atoms with Crippen LogP contribution in [-0.2, 0) is 5.41 Å². The average Bonchev–Trinajstić information content (AvgIpc) is 2.91. The van der Waals surface area contributed by atoms with Crippen molar-refractivity contribution in [2.45, 2.75) is 17.8 Å². The summed E-state index contributed by atoms with van der Waals surface area (Å²) in [6, 6.07) is 8.98. The number of anilines is 1. The number of aromatic nitrogens is 2. The van der Waals surface area contributed by atoms with E-state index < -0.39 is 23.2 Å². The van der Waals surface area contributed by atoms with Crippen molar-refractivity contribution in [3.63, 3.8) is 0 Å².